The van der Waals surface area contributed by atoms with Gasteiger partial charge in [-0.2, -0.15) is 0 Å². The summed E-state index contributed by atoms with van der Waals surface area (Å²) in [7, 11) is 0. The summed E-state index contributed by atoms with van der Waals surface area (Å²) in [6.07, 6.45) is 7.28. The highest BCUT2D eigenvalue weighted by Crippen LogP contribution is 2.28. The van der Waals surface area contributed by atoms with E-state index >= 15 is 0 Å². The summed E-state index contributed by atoms with van der Waals surface area (Å²) >= 11 is 0. The van der Waals surface area contributed by atoms with Crippen LogP contribution in [0.5, 0.6) is 0 Å². The summed E-state index contributed by atoms with van der Waals surface area (Å²) in [6.45, 7) is 6.78. The normalized spacial score (nSPS) is 34.6. The summed E-state index contributed by atoms with van der Waals surface area (Å²) in [5.41, 5.74) is 0. The number of hydrogen-bond acceptors (Lipinski definition) is 3. The Morgan fingerprint density at radius 2 is 1.84 bits per heavy atom. The number of piperazine rings is 3. The number of amides is 1. The van der Waals surface area contributed by atoms with E-state index in [0.29, 0.717) is 6.04 Å². The van der Waals surface area contributed by atoms with Gasteiger partial charge in [0.15, 0.2) is 0 Å². The molecule has 0 aromatic carbocycles. The second-order valence-electron chi connectivity index (χ2n) is 6.48. The van der Waals surface area contributed by atoms with E-state index in [9.17, 15) is 4.79 Å². The number of hydrogen-bond donors (Lipinski definition) is 1. The van der Waals surface area contributed by atoms with Crippen LogP contribution in [0.2, 0.25) is 0 Å². The minimum atomic E-state index is 0.268. The standard InChI is InChI=1S/C15H27N3O/c19-15(6-5-13-3-1-2-4-13)16-11-14-12-17-7-9-18(14)10-8-17/h13-14H,1-12H2,(H,16,19). The first-order valence-corrected chi connectivity index (χ1v) is 8.04. The first-order valence-electron chi connectivity index (χ1n) is 8.04. The minimum Gasteiger partial charge on any atom is -0.354 e. The predicted molar refractivity (Wildman–Crippen MR) is 76.0 cm³/mol. The molecule has 1 atom stereocenters. The van der Waals surface area contributed by atoms with Crippen molar-refractivity contribution in [3.05, 3.63) is 0 Å². The lowest BCUT2D eigenvalue weighted by molar-refractivity contribution is -0.122. The predicted octanol–water partition coefficient (Wildman–Crippen LogP) is 1.07. The second-order valence-corrected chi connectivity index (χ2v) is 6.48. The zero-order valence-electron chi connectivity index (χ0n) is 11.9. The summed E-state index contributed by atoms with van der Waals surface area (Å²) in [4.78, 5) is 17.0. The number of nitrogens with zero attached hydrogens (tertiary/aromatic N) is 2. The van der Waals surface area contributed by atoms with E-state index < -0.39 is 0 Å². The van der Waals surface area contributed by atoms with E-state index in [2.05, 4.69) is 15.1 Å². The zero-order valence-corrected chi connectivity index (χ0v) is 11.9. The molecule has 1 unspecified atom stereocenters. The van der Waals surface area contributed by atoms with Crippen LogP contribution < -0.4 is 5.32 Å². The highest BCUT2D eigenvalue weighted by Gasteiger charge is 2.31. The molecule has 4 rings (SSSR count). The van der Waals surface area contributed by atoms with Crippen molar-refractivity contribution in [3.63, 3.8) is 0 Å². The lowest BCUT2D eigenvalue weighted by Crippen LogP contribution is -2.63. The molecule has 3 heterocycles. The van der Waals surface area contributed by atoms with Crippen molar-refractivity contribution in [2.24, 2.45) is 5.92 Å². The van der Waals surface area contributed by atoms with Gasteiger partial charge < -0.3 is 5.32 Å². The van der Waals surface area contributed by atoms with E-state index in [4.69, 9.17) is 0 Å². The first-order chi connectivity index (χ1) is 9.31. The molecule has 3 saturated heterocycles. The minimum absolute atomic E-state index is 0.268. The van der Waals surface area contributed by atoms with Gasteiger partial charge in [-0.3, -0.25) is 14.6 Å². The summed E-state index contributed by atoms with van der Waals surface area (Å²) < 4.78 is 0. The third kappa shape index (κ3) is 3.48. The largest absolute Gasteiger partial charge is 0.354 e. The Hall–Kier alpha value is -0.610. The fourth-order valence-corrected chi connectivity index (χ4v) is 3.87. The van der Waals surface area contributed by atoms with Crippen LogP contribution in [-0.4, -0.2) is 61.0 Å². The SMILES string of the molecule is O=C(CCC1CCCC1)NCC1CN2CCN1CC2. The van der Waals surface area contributed by atoms with Gasteiger partial charge in [0.25, 0.3) is 0 Å². The molecule has 1 amide bonds. The molecular weight excluding hydrogens is 238 g/mol. The van der Waals surface area contributed by atoms with Crippen molar-refractivity contribution in [2.45, 2.75) is 44.6 Å². The lowest BCUT2D eigenvalue weighted by Gasteiger charge is -2.47. The van der Waals surface area contributed by atoms with Crippen LogP contribution in [0.25, 0.3) is 0 Å². The Morgan fingerprint density at radius 3 is 2.47 bits per heavy atom. The zero-order chi connectivity index (χ0) is 13.1. The average molecular weight is 265 g/mol. The molecule has 0 aromatic rings. The van der Waals surface area contributed by atoms with Crippen LogP contribution in [0.15, 0.2) is 0 Å². The molecule has 1 aliphatic carbocycles. The maximum atomic E-state index is 11.9. The van der Waals surface area contributed by atoms with Gasteiger partial charge in [-0.15, -0.1) is 0 Å². The van der Waals surface area contributed by atoms with Gasteiger partial charge in [0.05, 0.1) is 0 Å². The molecule has 3 aliphatic heterocycles. The quantitative estimate of drug-likeness (QED) is 0.808. The maximum absolute atomic E-state index is 11.9. The van der Waals surface area contributed by atoms with Crippen molar-refractivity contribution in [3.8, 4) is 0 Å². The molecule has 1 N–H and O–H groups in total. The molecule has 4 nitrogen and oxygen atoms in total. The van der Waals surface area contributed by atoms with E-state index in [-0.39, 0.29) is 5.91 Å². The number of fused-ring (bicyclic) bond motifs is 3. The Kier molecular flexibility index (Phi) is 4.38. The van der Waals surface area contributed by atoms with Crippen LogP contribution >= 0.6 is 0 Å². The molecule has 1 saturated carbocycles. The molecule has 4 fully saturated rings. The van der Waals surface area contributed by atoms with Crippen LogP contribution in [0.4, 0.5) is 0 Å². The van der Waals surface area contributed by atoms with Crippen molar-refractivity contribution in [1.82, 2.24) is 15.1 Å². The van der Waals surface area contributed by atoms with Gasteiger partial charge in [-0.25, -0.2) is 0 Å². The summed E-state index contributed by atoms with van der Waals surface area (Å²) in [5, 5.41) is 3.15. The highest BCUT2D eigenvalue weighted by atomic mass is 16.1. The summed E-state index contributed by atoms with van der Waals surface area (Å²) in [5.74, 6) is 1.09. The van der Waals surface area contributed by atoms with E-state index in [1.165, 1.54) is 51.9 Å². The molecule has 108 valence electrons. The molecule has 0 radical (unpaired) electrons. The second kappa shape index (κ2) is 6.23. The fourth-order valence-electron chi connectivity index (χ4n) is 3.87. The Balaban J connectivity index is 1.34. The number of rotatable bonds is 5. The van der Waals surface area contributed by atoms with Crippen molar-refractivity contribution in [2.75, 3.05) is 39.3 Å². The monoisotopic (exact) mass is 265 g/mol. The van der Waals surface area contributed by atoms with Crippen molar-refractivity contribution < 1.29 is 4.79 Å². The van der Waals surface area contributed by atoms with E-state index in [0.717, 1.165) is 31.8 Å². The van der Waals surface area contributed by atoms with E-state index in [1.54, 1.807) is 0 Å². The van der Waals surface area contributed by atoms with Crippen LogP contribution in [-0.2, 0) is 4.79 Å². The van der Waals surface area contributed by atoms with Crippen molar-refractivity contribution >= 4 is 5.91 Å². The van der Waals surface area contributed by atoms with Gasteiger partial charge in [0.1, 0.15) is 0 Å². The molecule has 19 heavy (non-hydrogen) atoms. The molecular formula is C15H27N3O. The molecule has 2 bridgehead atoms. The van der Waals surface area contributed by atoms with Crippen LogP contribution in [0, 0.1) is 5.92 Å². The Bertz CT molecular complexity index is 307. The third-order valence-corrected chi connectivity index (χ3v) is 5.18. The molecule has 4 aliphatic rings. The highest BCUT2D eigenvalue weighted by molar-refractivity contribution is 5.75. The van der Waals surface area contributed by atoms with Gasteiger partial charge in [0, 0.05) is 51.7 Å². The molecule has 4 heteroatoms. The van der Waals surface area contributed by atoms with Crippen LogP contribution in [0.3, 0.4) is 0 Å². The van der Waals surface area contributed by atoms with Crippen LogP contribution in [0.1, 0.15) is 38.5 Å². The lowest BCUT2D eigenvalue weighted by atomic mass is 10.0. The maximum Gasteiger partial charge on any atom is 0.220 e. The first kappa shape index (κ1) is 13.4. The van der Waals surface area contributed by atoms with Gasteiger partial charge >= 0.3 is 0 Å². The number of carbonyl (C=O) groups is 1. The van der Waals surface area contributed by atoms with Gasteiger partial charge in [0.2, 0.25) is 5.91 Å². The molecule has 0 spiro atoms. The van der Waals surface area contributed by atoms with E-state index in [1.807, 2.05) is 0 Å². The van der Waals surface area contributed by atoms with Gasteiger partial charge in [-0.1, -0.05) is 25.7 Å². The Labute approximate surface area is 116 Å². The average Bonchev–Trinajstić information content (AvgIpc) is 2.97. The number of nitrogens with one attached hydrogen (secondary N) is 1. The van der Waals surface area contributed by atoms with Crippen molar-refractivity contribution in [1.29, 1.82) is 0 Å². The van der Waals surface area contributed by atoms with Gasteiger partial charge in [-0.05, 0) is 12.3 Å². The number of carbonyl (C=O) groups excluding carboxylic acids is 1. The Morgan fingerprint density at radius 1 is 1.11 bits per heavy atom. The molecule has 0 aromatic heterocycles. The fraction of sp³-hybridized carbons (Fsp3) is 0.933. The smallest absolute Gasteiger partial charge is 0.220 e. The summed E-state index contributed by atoms with van der Waals surface area (Å²) in [6, 6.07) is 0.554. The third-order valence-electron chi connectivity index (χ3n) is 5.18. The topological polar surface area (TPSA) is 35.6 Å².